The van der Waals surface area contributed by atoms with Gasteiger partial charge in [0.15, 0.2) is 0 Å². The van der Waals surface area contributed by atoms with Gasteiger partial charge in [0.05, 0.1) is 16.5 Å². The third kappa shape index (κ3) is 5.30. The smallest absolute Gasteiger partial charge is 0.305 e. The van der Waals surface area contributed by atoms with E-state index in [1.54, 1.807) is 6.92 Å². The second-order valence-electron chi connectivity index (χ2n) is 4.50. The molecule has 0 radical (unpaired) electrons. The van der Waals surface area contributed by atoms with Crippen LogP contribution in [0.3, 0.4) is 0 Å². The summed E-state index contributed by atoms with van der Waals surface area (Å²) >= 11 is 3.32. The van der Waals surface area contributed by atoms with Crippen LogP contribution in [0, 0.1) is 17.0 Å². The molecule has 1 heterocycles. The van der Waals surface area contributed by atoms with Crippen molar-refractivity contribution < 1.29 is 14.5 Å². The normalized spacial score (nSPS) is 10.2. The third-order valence-electron chi connectivity index (χ3n) is 3.01. The van der Waals surface area contributed by atoms with Gasteiger partial charge >= 0.3 is 5.97 Å². The summed E-state index contributed by atoms with van der Waals surface area (Å²) in [5, 5.41) is 13.9. The van der Waals surface area contributed by atoms with E-state index in [9.17, 15) is 14.9 Å². The van der Waals surface area contributed by atoms with Gasteiger partial charge in [0.25, 0.3) is 5.69 Å². The van der Waals surface area contributed by atoms with Crippen molar-refractivity contribution in [3.8, 4) is 0 Å². The largest absolute Gasteiger partial charge is 0.469 e. The first-order valence-electron chi connectivity index (χ1n) is 6.57. The molecular formula is C13H18BrN3O4. The lowest BCUT2D eigenvalue weighted by molar-refractivity contribution is -0.385. The van der Waals surface area contributed by atoms with Crippen molar-refractivity contribution in [2.45, 2.75) is 32.6 Å². The Bertz CT molecular complexity index is 522. The second-order valence-corrected chi connectivity index (χ2v) is 5.29. The molecule has 0 fully saturated rings. The molecule has 0 saturated heterocycles. The lowest BCUT2D eigenvalue weighted by Gasteiger charge is -2.09. The Hall–Kier alpha value is -1.70. The van der Waals surface area contributed by atoms with Crippen LogP contribution in [0.1, 0.15) is 31.2 Å². The molecule has 21 heavy (non-hydrogen) atoms. The fourth-order valence-electron chi connectivity index (χ4n) is 1.76. The monoisotopic (exact) mass is 359 g/mol. The zero-order valence-electron chi connectivity index (χ0n) is 12.0. The fourth-order valence-corrected chi connectivity index (χ4v) is 2.20. The number of carbonyl (C=O) groups excluding carboxylic acids is 1. The predicted molar refractivity (Wildman–Crippen MR) is 82.3 cm³/mol. The summed E-state index contributed by atoms with van der Waals surface area (Å²) in [6.45, 7) is 2.36. The van der Waals surface area contributed by atoms with E-state index in [0.717, 1.165) is 19.3 Å². The number of halogens is 1. The predicted octanol–water partition coefficient (Wildman–Crippen LogP) is 3.21. The number of nitrogens with zero attached hydrogens (tertiary/aromatic N) is 2. The number of aromatic nitrogens is 1. The summed E-state index contributed by atoms with van der Waals surface area (Å²) in [7, 11) is 1.38. The SMILES string of the molecule is COC(=O)CCCCCNc1ncc([N+](=O)[O-])c(C)c1Br. The van der Waals surface area contributed by atoms with E-state index in [0.29, 0.717) is 28.8 Å². The van der Waals surface area contributed by atoms with Crippen LogP contribution >= 0.6 is 15.9 Å². The summed E-state index contributed by atoms with van der Waals surface area (Å²) in [5.41, 5.74) is 0.536. The molecule has 0 aliphatic carbocycles. The summed E-state index contributed by atoms with van der Waals surface area (Å²) in [6, 6.07) is 0. The lowest BCUT2D eigenvalue weighted by atomic mass is 10.2. The minimum Gasteiger partial charge on any atom is -0.469 e. The first-order valence-corrected chi connectivity index (χ1v) is 7.36. The van der Waals surface area contributed by atoms with Crippen LogP contribution in [0.5, 0.6) is 0 Å². The van der Waals surface area contributed by atoms with E-state index in [1.807, 2.05) is 0 Å². The number of anilines is 1. The van der Waals surface area contributed by atoms with E-state index in [2.05, 4.69) is 31.0 Å². The van der Waals surface area contributed by atoms with Crippen LogP contribution < -0.4 is 5.32 Å². The zero-order valence-corrected chi connectivity index (χ0v) is 13.6. The van der Waals surface area contributed by atoms with Crippen LogP contribution in [-0.2, 0) is 9.53 Å². The van der Waals surface area contributed by atoms with E-state index in [1.165, 1.54) is 13.3 Å². The first-order chi connectivity index (χ1) is 9.97. The molecule has 1 N–H and O–H groups in total. The molecule has 0 saturated carbocycles. The first kappa shape index (κ1) is 17.4. The molecule has 0 atom stereocenters. The average molecular weight is 360 g/mol. The van der Waals surface area contributed by atoms with Gasteiger partial charge in [0.1, 0.15) is 12.0 Å². The molecule has 8 heteroatoms. The number of hydrogen-bond donors (Lipinski definition) is 1. The van der Waals surface area contributed by atoms with Gasteiger partial charge in [0.2, 0.25) is 0 Å². The Labute approximate surface area is 131 Å². The van der Waals surface area contributed by atoms with Crippen molar-refractivity contribution >= 4 is 33.4 Å². The number of nitro groups is 1. The molecule has 7 nitrogen and oxygen atoms in total. The molecule has 0 bridgehead atoms. The topological polar surface area (TPSA) is 94.4 Å². The van der Waals surface area contributed by atoms with Crippen molar-refractivity contribution in [2.75, 3.05) is 19.0 Å². The number of unbranched alkanes of at least 4 members (excludes halogenated alkanes) is 2. The Morgan fingerprint density at radius 1 is 1.48 bits per heavy atom. The van der Waals surface area contributed by atoms with Crippen molar-refractivity contribution in [2.24, 2.45) is 0 Å². The van der Waals surface area contributed by atoms with E-state index < -0.39 is 4.92 Å². The van der Waals surface area contributed by atoms with Gasteiger partial charge < -0.3 is 10.1 Å². The van der Waals surface area contributed by atoms with Crippen molar-refractivity contribution in [3.63, 3.8) is 0 Å². The Balaban J connectivity index is 2.41. The lowest BCUT2D eigenvalue weighted by Crippen LogP contribution is -2.06. The average Bonchev–Trinajstić information content (AvgIpc) is 2.46. The zero-order chi connectivity index (χ0) is 15.8. The Morgan fingerprint density at radius 2 is 2.19 bits per heavy atom. The van der Waals surface area contributed by atoms with Crippen molar-refractivity contribution in [1.29, 1.82) is 0 Å². The highest BCUT2D eigenvalue weighted by atomic mass is 79.9. The highest BCUT2D eigenvalue weighted by Crippen LogP contribution is 2.30. The standard InChI is InChI=1S/C13H18BrN3O4/c1-9-10(17(19)20)8-16-13(12(9)14)15-7-5-3-4-6-11(18)21-2/h8H,3-7H2,1-2H3,(H,15,16). The molecule has 1 aromatic heterocycles. The van der Waals surface area contributed by atoms with Gasteiger partial charge in [-0.1, -0.05) is 6.42 Å². The molecule has 1 aromatic rings. The fraction of sp³-hybridized carbons (Fsp3) is 0.538. The Morgan fingerprint density at radius 3 is 2.81 bits per heavy atom. The maximum Gasteiger partial charge on any atom is 0.305 e. The minimum absolute atomic E-state index is 0.00879. The molecule has 0 aliphatic heterocycles. The van der Waals surface area contributed by atoms with E-state index in [4.69, 9.17) is 0 Å². The van der Waals surface area contributed by atoms with Crippen molar-refractivity contribution in [1.82, 2.24) is 4.98 Å². The van der Waals surface area contributed by atoms with Crippen LogP contribution in [0.25, 0.3) is 0 Å². The van der Waals surface area contributed by atoms with Crippen LogP contribution in [0.4, 0.5) is 11.5 Å². The number of ether oxygens (including phenoxy) is 1. The summed E-state index contributed by atoms with van der Waals surface area (Å²) in [5.74, 6) is 0.393. The number of esters is 1. The van der Waals surface area contributed by atoms with Gasteiger partial charge in [-0.25, -0.2) is 4.98 Å². The third-order valence-corrected chi connectivity index (χ3v) is 3.98. The summed E-state index contributed by atoms with van der Waals surface area (Å²) in [6.07, 6.45) is 4.23. The number of pyridine rings is 1. The highest BCUT2D eigenvalue weighted by Gasteiger charge is 2.16. The summed E-state index contributed by atoms with van der Waals surface area (Å²) < 4.78 is 5.16. The van der Waals surface area contributed by atoms with Crippen LogP contribution in [0.2, 0.25) is 0 Å². The molecule has 0 unspecified atom stereocenters. The van der Waals surface area contributed by atoms with Gasteiger partial charge in [-0.2, -0.15) is 0 Å². The van der Waals surface area contributed by atoms with Gasteiger partial charge in [-0.05, 0) is 35.7 Å². The van der Waals surface area contributed by atoms with E-state index in [-0.39, 0.29) is 11.7 Å². The highest BCUT2D eigenvalue weighted by molar-refractivity contribution is 9.10. The van der Waals surface area contributed by atoms with Gasteiger partial charge in [-0.15, -0.1) is 0 Å². The summed E-state index contributed by atoms with van der Waals surface area (Å²) in [4.78, 5) is 25.3. The minimum atomic E-state index is -0.455. The number of methoxy groups -OCH3 is 1. The molecule has 1 rings (SSSR count). The number of nitrogens with one attached hydrogen (secondary N) is 1. The van der Waals surface area contributed by atoms with Crippen LogP contribution in [0.15, 0.2) is 10.7 Å². The maximum atomic E-state index is 10.9. The quantitative estimate of drug-likeness (QED) is 0.331. The Kier molecular flexibility index (Phi) is 7.07. The molecule has 0 aromatic carbocycles. The molecule has 0 aliphatic rings. The van der Waals surface area contributed by atoms with Gasteiger partial charge in [0, 0.05) is 18.5 Å². The van der Waals surface area contributed by atoms with Crippen molar-refractivity contribution in [3.05, 3.63) is 26.3 Å². The molecule has 116 valence electrons. The van der Waals surface area contributed by atoms with Crippen LogP contribution in [-0.4, -0.2) is 29.5 Å². The number of rotatable bonds is 8. The van der Waals surface area contributed by atoms with Gasteiger partial charge in [-0.3, -0.25) is 14.9 Å². The number of hydrogen-bond acceptors (Lipinski definition) is 6. The molecule has 0 amide bonds. The maximum absolute atomic E-state index is 10.9. The number of carbonyl (C=O) groups is 1. The second kappa shape index (κ2) is 8.56. The van der Waals surface area contributed by atoms with E-state index >= 15 is 0 Å². The molecule has 0 spiro atoms. The molecular weight excluding hydrogens is 342 g/mol.